The maximum atomic E-state index is 12.1. The number of aromatic nitrogens is 3. The van der Waals surface area contributed by atoms with Gasteiger partial charge in [-0.05, 0) is 41.3 Å². The zero-order valence-corrected chi connectivity index (χ0v) is 17.3. The van der Waals surface area contributed by atoms with E-state index in [4.69, 9.17) is 14.5 Å². The van der Waals surface area contributed by atoms with Crippen LogP contribution in [0.4, 0.5) is 0 Å². The Morgan fingerprint density at radius 2 is 1.80 bits per heavy atom. The van der Waals surface area contributed by atoms with Gasteiger partial charge in [0.25, 0.3) is 0 Å². The van der Waals surface area contributed by atoms with Gasteiger partial charge in [0.05, 0.1) is 19.2 Å². The Kier molecular flexibility index (Phi) is 5.59. The Hall–Kier alpha value is -3.51. The first kappa shape index (κ1) is 19.8. The fourth-order valence-corrected chi connectivity index (χ4v) is 3.58. The van der Waals surface area contributed by atoms with Gasteiger partial charge in [0.1, 0.15) is 17.9 Å². The van der Waals surface area contributed by atoms with Crippen molar-refractivity contribution in [2.24, 2.45) is 0 Å². The average Bonchev–Trinajstić information content (AvgIpc) is 3.12. The van der Waals surface area contributed by atoms with Crippen molar-refractivity contribution in [1.29, 1.82) is 0 Å². The molecule has 0 aliphatic rings. The summed E-state index contributed by atoms with van der Waals surface area (Å²) >= 11 is 0. The van der Waals surface area contributed by atoms with E-state index in [9.17, 15) is 4.79 Å². The molecule has 6 nitrogen and oxygen atoms in total. The summed E-state index contributed by atoms with van der Waals surface area (Å²) in [4.78, 5) is 21.4. The summed E-state index contributed by atoms with van der Waals surface area (Å²) in [6, 6.07) is 17.6. The van der Waals surface area contributed by atoms with Gasteiger partial charge in [0.2, 0.25) is 0 Å². The molecular weight excluding hydrogens is 378 g/mol. The number of aryl methyl sites for hydroxylation is 1. The zero-order valence-electron chi connectivity index (χ0n) is 17.3. The molecule has 2 aromatic carbocycles. The van der Waals surface area contributed by atoms with Crippen molar-refractivity contribution in [3.63, 3.8) is 0 Å². The second-order valence-corrected chi connectivity index (χ2v) is 7.08. The van der Waals surface area contributed by atoms with Crippen LogP contribution in [0.2, 0.25) is 0 Å². The highest BCUT2D eigenvalue weighted by atomic mass is 16.5. The van der Waals surface area contributed by atoms with E-state index in [1.54, 1.807) is 19.4 Å². The smallest absolute Gasteiger partial charge is 0.338 e. The minimum atomic E-state index is -0.342. The molecule has 0 unspecified atom stereocenters. The highest BCUT2D eigenvalue weighted by Gasteiger charge is 2.15. The van der Waals surface area contributed by atoms with Gasteiger partial charge in [0, 0.05) is 13.3 Å². The Morgan fingerprint density at radius 3 is 2.53 bits per heavy atom. The SMILES string of the molecule is COCc1nc2c(C)ccnc2n1Cc1ccc(-c2ccccc2C(=O)OC)cc1. The lowest BCUT2D eigenvalue weighted by Crippen LogP contribution is -2.07. The molecule has 0 aliphatic heterocycles. The Bertz CT molecular complexity index is 1200. The Labute approximate surface area is 175 Å². The number of nitrogens with zero attached hydrogens (tertiary/aromatic N) is 3. The summed E-state index contributed by atoms with van der Waals surface area (Å²) in [5.74, 6) is 0.500. The summed E-state index contributed by atoms with van der Waals surface area (Å²) in [6.45, 7) is 3.08. The molecule has 6 heteroatoms. The minimum absolute atomic E-state index is 0.342. The third-order valence-corrected chi connectivity index (χ3v) is 5.13. The number of rotatable bonds is 6. The summed E-state index contributed by atoms with van der Waals surface area (Å²) in [5, 5.41) is 0. The normalized spacial score (nSPS) is 11.0. The summed E-state index contributed by atoms with van der Waals surface area (Å²) in [6.07, 6.45) is 1.80. The summed E-state index contributed by atoms with van der Waals surface area (Å²) in [7, 11) is 3.06. The fraction of sp³-hybridized carbons (Fsp3) is 0.208. The molecular formula is C24H23N3O3. The lowest BCUT2D eigenvalue weighted by Gasteiger charge is -2.11. The van der Waals surface area contributed by atoms with Crippen LogP contribution >= 0.6 is 0 Å². The maximum Gasteiger partial charge on any atom is 0.338 e. The molecule has 0 fully saturated rings. The van der Waals surface area contributed by atoms with E-state index in [2.05, 4.69) is 21.7 Å². The molecule has 152 valence electrons. The number of pyridine rings is 1. The van der Waals surface area contributed by atoms with E-state index >= 15 is 0 Å². The van der Waals surface area contributed by atoms with E-state index < -0.39 is 0 Å². The quantitative estimate of drug-likeness (QED) is 0.448. The van der Waals surface area contributed by atoms with E-state index in [0.29, 0.717) is 18.7 Å². The van der Waals surface area contributed by atoms with Crippen molar-refractivity contribution in [2.75, 3.05) is 14.2 Å². The molecule has 0 atom stereocenters. The molecule has 0 aliphatic carbocycles. The van der Waals surface area contributed by atoms with E-state index in [-0.39, 0.29) is 5.97 Å². The summed E-state index contributed by atoms with van der Waals surface area (Å²) in [5.41, 5.74) is 6.30. The predicted molar refractivity (Wildman–Crippen MR) is 115 cm³/mol. The molecule has 0 N–H and O–H groups in total. The number of fused-ring (bicyclic) bond motifs is 1. The lowest BCUT2D eigenvalue weighted by atomic mass is 9.98. The van der Waals surface area contributed by atoms with Gasteiger partial charge in [-0.25, -0.2) is 14.8 Å². The van der Waals surface area contributed by atoms with Crippen molar-refractivity contribution in [1.82, 2.24) is 14.5 Å². The molecule has 0 spiro atoms. The monoisotopic (exact) mass is 401 g/mol. The van der Waals surface area contributed by atoms with Gasteiger partial charge in [-0.15, -0.1) is 0 Å². The fourth-order valence-electron chi connectivity index (χ4n) is 3.58. The van der Waals surface area contributed by atoms with E-state index in [0.717, 1.165) is 39.2 Å². The van der Waals surface area contributed by atoms with E-state index in [1.165, 1.54) is 7.11 Å². The first-order valence-electron chi connectivity index (χ1n) is 9.68. The molecule has 2 aromatic heterocycles. The van der Waals surface area contributed by atoms with Crippen molar-refractivity contribution in [3.05, 3.63) is 83.3 Å². The molecule has 30 heavy (non-hydrogen) atoms. The van der Waals surface area contributed by atoms with Crippen LogP contribution in [0.1, 0.15) is 27.3 Å². The van der Waals surface area contributed by atoms with Crippen LogP contribution in [0.15, 0.2) is 60.8 Å². The van der Waals surface area contributed by atoms with Crippen LogP contribution in [0.3, 0.4) is 0 Å². The second kappa shape index (κ2) is 8.47. The second-order valence-electron chi connectivity index (χ2n) is 7.08. The van der Waals surface area contributed by atoms with Crippen LogP contribution < -0.4 is 0 Å². The third-order valence-electron chi connectivity index (χ3n) is 5.13. The molecule has 0 bridgehead atoms. The number of imidazole rings is 1. The number of hydrogen-bond acceptors (Lipinski definition) is 5. The van der Waals surface area contributed by atoms with Crippen molar-refractivity contribution < 1.29 is 14.3 Å². The Morgan fingerprint density at radius 1 is 1.03 bits per heavy atom. The average molecular weight is 401 g/mol. The van der Waals surface area contributed by atoms with Crippen LogP contribution in [0, 0.1) is 6.92 Å². The van der Waals surface area contributed by atoms with Crippen LogP contribution in [-0.2, 0) is 22.6 Å². The molecule has 4 aromatic rings. The van der Waals surface area contributed by atoms with Crippen LogP contribution in [0.5, 0.6) is 0 Å². The van der Waals surface area contributed by atoms with Crippen molar-refractivity contribution >= 4 is 17.1 Å². The molecule has 0 radical (unpaired) electrons. The van der Waals surface area contributed by atoms with Gasteiger partial charge in [-0.3, -0.25) is 0 Å². The third kappa shape index (κ3) is 3.69. The molecule has 4 rings (SSSR count). The number of esters is 1. The predicted octanol–water partition coefficient (Wildman–Crippen LogP) is 4.39. The topological polar surface area (TPSA) is 66.2 Å². The van der Waals surface area contributed by atoms with Crippen LogP contribution in [0.25, 0.3) is 22.3 Å². The number of hydrogen-bond donors (Lipinski definition) is 0. The minimum Gasteiger partial charge on any atom is -0.465 e. The molecule has 0 saturated carbocycles. The number of carbonyl (C=O) groups is 1. The first-order chi connectivity index (χ1) is 14.6. The lowest BCUT2D eigenvalue weighted by molar-refractivity contribution is 0.0601. The largest absolute Gasteiger partial charge is 0.465 e. The van der Waals surface area contributed by atoms with Crippen LogP contribution in [-0.4, -0.2) is 34.7 Å². The first-order valence-corrected chi connectivity index (χ1v) is 9.68. The van der Waals surface area contributed by atoms with Crippen molar-refractivity contribution in [2.45, 2.75) is 20.1 Å². The maximum absolute atomic E-state index is 12.1. The highest BCUT2D eigenvalue weighted by molar-refractivity contribution is 5.97. The van der Waals surface area contributed by atoms with Crippen molar-refractivity contribution in [3.8, 4) is 11.1 Å². The standard InChI is InChI=1S/C24H23N3O3/c1-16-12-13-25-23-22(16)26-21(15-29-2)27(23)14-17-8-10-18(11-9-17)19-6-4-5-7-20(19)24(28)30-3/h4-13H,14-15H2,1-3H3. The zero-order chi connectivity index (χ0) is 21.1. The summed E-state index contributed by atoms with van der Waals surface area (Å²) < 4.78 is 12.3. The number of ether oxygens (including phenoxy) is 2. The number of benzene rings is 2. The molecule has 2 heterocycles. The Balaban J connectivity index is 1.68. The highest BCUT2D eigenvalue weighted by Crippen LogP contribution is 2.26. The van der Waals surface area contributed by atoms with Gasteiger partial charge in [-0.1, -0.05) is 42.5 Å². The van der Waals surface area contributed by atoms with Gasteiger partial charge in [-0.2, -0.15) is 0 Å². The van der Waals surface area contributed by atoms with Gasteiger partial charge >= 0.3 is 5.97 Å². The van der Waals surface area contributed by atoms with Gasteiger partial charge in [0.15, 0.2) is 5.65 Å². The molecule has 0 amide bonds. The van der Waals surface area contributed by atoms with Gasteiger partial charge < -0.3 is 14.0 Å². The number of carbonyl (C=O) groups excluding carboxylic acids is 1. The molecule has 0 saturated heterocycles. The van der Waals surface area contributed by atoms with E-state index in [1.807, 2.05) is 43.3 Å². The number of methoxy groups -OCH3 is 2.